The predicted octanol–water partition coefficient (Wildman–Crippen LogP) is 5.36. The second-order valence-electron chi connectivity index (χ2n) is 5.65. The lowest BCUT2D eigenvalue weighted by Gasteiger charge is -2.17. The minimum atomic E-state index is -1.28. The van der Waals surface area contributed by atoms with Crippen LogP contribution >= 0.6 is 27.3 Å². The Labute approximate surface area is 121 Å². The van der Waals surface area contributed by atoms with Crippen LogP contribution < -0.4 is 5.19 Å². The quantitative estimate of drug-likeness (QED) is 0.525. The van der Waals surface area contributed by atoms with Crippen LogP contribution in [-0.4, -0.2) is 8.07 Å². The lowest BCUT2D eigenvalue weighted by molar-refractivity contribution is 1.75. The van der Waals surface area contributed by atoms with Crippen molar-refractivity contribution in [3.63, 3.8) is 0 Å². The van der Waals surface area contributed by atoms with Gasteiger partial charge in [-0.15, -0.1) is 11.3 Å². The van der Waals surface area contributed by atoms with Gasteiger partial charge in [0.15, 0.2) is 0 Å². The van der Waals surface area contributed by atoms with Gasteiger partial charge in [-0.25, -0.2) is 0 Å². The van der Waals surface area contributed by atoms with Crippen LogP contribution in [-0.2, 0) is 0 Å². The molecule has 0 radical (unpaired) electrons. The van der Waals surface area contributed by atoms with E-state index in [2.05, 4.69) is 72.0 Å². The molecule has 1 aromatic heterocycles. The van der Waals surface area contributed by atoms with Crippen molar-refractivity contribution < 1.29 is 0 Å². The highest BCUT2D eigenvalue weighted by Gasteiger charge is 2.21. The third-order valence-electron chi connectivity index (χ3n) is 3.28. The van der Waals surface area contributed by atoms with E-state index in [0.29, 0.717) is 0 Å². The molecule has 92 valence electrons. The highest BCUT2D eigenvalue weighted by atomic mass is 79.9. The smallest absolute Gasteiger partial charge is 0.0794 e. The molecule has 3 heteroatoms. The third-order valence-corrected chi connectivity index (χ3v) is 7.71. The molecule has 0 amide bonds. The van der Waals surface area contributed by atoms with Crippen LogP contribution in [0, 0.1) is 0 Å². The van der Waals surface area contributed by atoms with Crippen molar-refractivity contribution in [3.05, 3.63) is 40.9 Å². The molecule has 0 saturated heterocycles. The summed E-state index contributed by atoms with van der Waals surface area (Å²) in [6.45, 7) is 7.25. The van der Waals surface area contributed by atoms with Crippen molar-refractivity contribution in [2.24, 2.45) is 0 Å². The maximum atomic E-state index is 3.67. The first kappa shape index (κ1) is 12.4. The first-order valence-electron chi connectivity index (χ1n) is 6.09. The van der Waals surface area contributed by atoms with Gasteiger partial charge in [0.1, 0.15) is 0 Å². The van der Waals surface area contributed by atoms with Crippen LogP contribution in [0.3, 0.4) is 0 Å². The van der Waals surface area contributed by atoms with Gasteiger partial charge in [0.05, 0.1) is 8.07 Å². The Morgan fingerprint density at radius 3 is 2.17 bits per heavy atom. The molecule has 0 atom stereocenters. The van der Waals surface area contributed by atoms with Gasteiger partial charge < -0.3 is 0 Å². The van der Waals surface area contributed by atoms with Crippen molar-refractivity contribution in [2.75, 3.05) is 0 Å². The summed E-state index contributed by atoms with van der Waals surface area (Å²) >= 11 is 5.60. The van der Waals surface area contributed by atoms with E-state index in [-0.39, 0.29) is 0 Å². The fourth-order valence-corrected chi connectivity index (χ4v) is 6.59. The molecule has 0 fully saturated rings. The van der Waals surface area contributed by atoms with E-state index < -0.39 is 8.07 Å². The molecule has 3 aromatic rings. The molecule has 0 nitrogen and oxygen atoms in total. The molecule has 0 spiro atoms. The molecule has 0 aliphatic rings. The summed E-state index contributed by atoms with van der Waals surface area (Å²) in [4.78, 5) is 0. The number of rotatable bonds is 1. The molecule has 0 bridgehead atoms. The summed E-state index contributed by atoms with van der Waals surface area (Å²) in [7, 11) is -1.28. The number of thiophene rings is 1. The standard InChI is InChI=1S/C15H15BrSSi/c1-18(2,3)13-9-5-7-11-10-6-4-8-12(16)14(10)17-15(11)13/h4-9H,1-3H3. The molecular formula is C15H15BrSSi. The van der Waals surface area contributed by atoms with Crippen molar-refractivity contribution >= 4 is 60.7 Å². The summed E-state index contributed by atoms with van der Waals surface area (Å²) in [6, 6.07) is 13.3. The number of halogens is 1. The molecule has 2 aromatic carbocycles. The number of hydrogen-bond donors (Lipinski definition) is 0. The number of hydrogen-bond acceptors (Lipinski definition) is 1. The molecule has 18 heavy (non-hydrogen) atoms. The SMILES string of the molecule is C[Si](C)(C)c1cccc2c1sc1c(Br)cccc12. The van der Waals surface area contributed by atoms with Gasteiger partial charge in [-0.3, -0.25) is 0 Å². The summed E-state index contributed by atoms with van der Waals surface area (Å²) in [6.07, 6.45) is 0. The number of fused-ring (bicyclic) bond motifs is 3. The molecule has 1 heterocycles. The number of benzene rings is 2. The van der Waals surface area contributed by atoms with E-state index in [1.807, 2.05) is 11.3 Å². The van der Waals surface area contributed by atoms with E-state index >= 15 is 0 Å². The zero-order valence-corrected chi connectivity index (χ0v) is 14.2. The van der Waals surface area contributed by atoms with Gasteiger partial charge in [-0.1, -0.05) is 50.0 Å². The van der Waals surface area contributed by atoms with Gasteiger partial charge in [0.2, 0.25) is 0 Å². The van der Waals surface area contributed by atoms with Crippen molar-refractivity contribution in [1.29, 1.82) is 0 Å². The Hall–Kier alpha value is -0.643. The average Bonchev–Trinajstić information content (AvgIpc) is 2.68. The maximum Gasteiger partial charge on any atom is 0.0794 e. The zero-order valence-electron chi connectivity index (χ0n) is 10.8. The highest BCUT2D eigenvalue weighted by Crippen LogP contribution is 2.37. The molecule has 3 rings (SSSR count). The van der Waals surface area contributed by atoms with E-state index in [9.17, 15) is 0 Å². The average molecular weight is 335 g/mol. The minimum Gasteiger partial charge on any atom is -0.134 e. The van der Waals surface area contributed by atoms with Crippen molar-refractivity contribution in [3.8, 4) is 0 Å². The van der Waals surface area contributed by atoms with Crippen LogP contribution in [0.1, 0.15) is 0 Å². The van der Waals surface area contributed by atoms with Crippen molar-refractivity contribution in [2.45, 2.75) is 19.6 Å². The van der Waals surface area contributed by atoms with Gasteiger partial charge in [-0.05, 0) is 27.2 Å². The fourth-order valence-electron chi connectivity index (χ4n) is 2.38. The lowest BCUT2D eigenvalue weighted by Crippen LogP contribution is -2.37. The Kier molecular flexibility index (Phi) is 2.88. The van der Waals surface area contributed by atoms with Gasteiger partial charge >= 0.3 is 0 Å². The van der Waals surface area contributed by atoms with E-state index in [1.165, 1.54) is 24.6 Å². The Morgan fingerprint density at radius 1 is 0.889 bits per heavy atom. The van der Waals surface area contributed by atoms with Gasteiger partial charge in [0, 0.05) is 24.6 Å². The molecule has 0 N–H and O–H groups in total. The molecule has 0 unspecified atom stereocenters. The molecule has 0 aliphatic heterocycles. The second kappa shape index (κ2) is 4.19. The molecule has 0 saturated carbocycles. The molecule has 0 aliphatic carbocycles. The van der Waals surface area contributed by atoms with Crippen LogP contribution in [0.25, 0.3) is 20.2 Å². The van der Waals surface area contributed by atoms with Gasteiger partial charge in [0.25, 0.3) is 0 Å². The van der Waals surface area contributed by atoms with Gasteiger partial charge in [-0.2, -0.15) is 0 Å². The normalized spacial score (nSPS) is 12.4. The van der Waals surface area contributed by atoms with Crippen molar-refractivity contribution in [1.82, 2.24) is 0 Å². The third kappa shape index (κ3) is 1.85. The Bertz CT molecular complexity index is 737. The second-order valence-corrected chi connectivity index (χ2v) is 12.6. The Balaban J connectivity index is 2.50. The minimum absolute atomic E-state index is 1.21. The summed E-state index contributed by atoms with van der Waals surface area (Å²) in [5.74, 6) is 0. The van der Waals surface area contributed by atoms with Crippen LogP contribution in [0.2, 0.25) is 19.6 Å². The van der Waals surface area contributed by atoms with E-state index in [1.54, 1.807) is 5.19 Å². The summed E-state index contributed by atoms with van der Waals surface area (Å²) in [5.41, 5.74) is 0. The fraction of sp³-hybridized carbons (Fsp3) is 0.200. The predicted molar refractivity (Wildman–Crippen MR) is 90.0 cm³/mol. The zero-order chi connectivity index (χ0) is 12.9. The maximum absolute atomic E-state index is 3.67. The van der Waals surface area contributed by atoms with Crippen LogP contribution in [0.15, 0.2) is 40.9 Å². The summed E-state index contributed by atoms with van der Waals surface area (Å²) < 4.78 is 4.07. The first-order chi connectivity index (χ1) is 8.48. The monoisotopic (exact) mass is 334 g/mol. The Morgan fingerprint density at radius 2 is 1.50 bits per heavy atom. The largest absolute Gasteiger partial charge is 0.134 e. The van der Waals surface area contributed by atoms with E-state index in [4.69, 9.17) is 0 Å². The van der Waals surface area contributed by atoms with E-state index in [0.717, 1.165) is 0 Å². The molecular weight excluding hydrogens is 320 g/mol. The summed E-state index contributed by atoms with van der Waals surface area (Å²) in [5, 5.41) is 4.37. The van der Waals surface area contributed by atoms with Crippen LogP contribution in [0.4, 0.5) is 0 Å². The highest BCUT2D eigenvalue weighted by molar-refractivity contribution is 9.10. The lowest BCUT2D eigenvalue weighted by atomic mass is 10.1. The van der Waals surface area contributed by atoms with Crippen LogP contribution in [0.5, 0.6) is 0 Å². The topological polar surface area (TPSA) is 0 Å². The first-order valence-corrected chi connectivity index (χ1v) is 11.2.